The quantitative estimate of drug-likeness (QED) is 0.631. The van der Waals surface area contributed by atoms with Gasteiger partial charge in [-0.25, -0.2) is 0 Å². The number of amides is 1. The molecule has 1 aromatic carbocycles. The molecule has 2 rings (SSSR count). The van der Waals surface area contributed by atoms with E-state index in [0.29, 0.717) is 31.1 Å². The fraction of sp³-hybridized carbons (Fsp3) is 0.450. The number of rotatable bonds is 9. The van der Waals surface area contributed by atoms with Crippen LogP contribution in [0.1, 0.15) is 33.6 Å². The molecule has 27 heavy (non-hydrogen) atoms. The molecule has 0 aliphatic rings. The van der Waals surface area contributed by atoms with Gasteiger partial charge in [-0.3, -0.25) is 23.5 Å². The monoisotopic (exact) mass is 373 g/mol. The van der Waals surface area contributed by atoms with Crippen LogP contribution in [0.2, 0.25) is 0 Å². The lowest BCUT2D eigenvalue weighted by Gasteiger charge is -2.22. The van der Waals surface area contributed by atoms with E-state index in [1.54, 1.807) is 29.2 Å². The zero-order valence-corrected chi connectivity index (χ0v) is 16.2. The number of hydrogen-bond donors (Lipinski definition) is 0. The molecular formula is C20H27N3O4. The number of para-hydroxylation sites is 2. The minimum Gasteiger partial charge on any atom is -0.492 e. The molecule has 0 atom stereocenters. The molecule has 0 spiro atoms. The number of carbonyl (C=O) groups is 1. The van der Waals surface area contributed by atoms with Crippen LogP contribution in [-0.4, -0.2) is 39.6 Å². The Kier molecular flexibility index (Phi) is 7.40. The van der Waals surface area contributed by atoms with E-state index in [4.69, 9.17) is 4.74 Å². The summed E-state index contributed by atoms with van der Waals surface area (Å²) in [5, 5.41) is 0. The third kappa shape index (κ3) is 4.87. The topological polar surface area (TPSA) is 73.5 Å². The molecule has 0 radical (unpaired) electrons. The van der Waals surface area contributed by atoms with Crippen LogP contribution in [0.25, 0.3) is 5.69 Å². The van der Waals surface area contributed by atoms with Gasteiger partial charge in [0, 0.05) is 25.5 Å². The molecule has 1 aromatic heterocycles. The maximum absolute atomic E-state index is 12.6. The molecule has 0 fully saturated rings. The van der Waals surface area contributed by atoms with Crippen molar-refractivity contribution in [2.75, 3.05) is 19.7 Å². The zero-order valence-electron chi connectivity index (χ0n) is 16.2. The van der Waals surface area contributed by atoms with Crippen molar-refractivity contribution in [3.8, 4) is 11.4 Å². The molecular weight excluding hydrogens is 346 g/mol. The average molecular weight is 373 g/mol. The van der Waals surface area contributed by atoms with E-state index in [2.05, 4.69) is 0 Å². The molecule has 1 heterocycles. The fourth-order valence-corrected chi connectivity index (χ4v) is 2.90. The summed E-state index contributed by atoms with van der Waals surface area (Å²) < 4.78 is 7.96. The van der Waals surface area contributed by atoms with Gasteiger partial charge in [-0.15, -0.1) is 0 Å². The summed E-state index contributed by atoms with van der Waals surface area (Å²) >= 11 is 0. The molecule has 0 bridgehead atoms. The molecule has 0 aliphatic carbocycles. The molecule has 0 unspecified atom stereocenters. The van der Waals surface area contributed by atoms with Gasteiger partial charge in [0.25, 0.3) is 0 Å². The minimum absolute atomic E-state index is 0.137. The highest BCUT2D eigenvalue weighted by atomic mass is 16.5. The Morgan fingerprint density at radius 1 is 1.00 bits per heavy atom. The van der Waals surface area contributed by atoms with Crippen LogP contribution in [0.4, 0.5) is 0 Å². The van der Waals surface area contributed by atoms with Crippen molar-refractivity contribution in [2.24, 2.45) is 0 Å². The summed E-state index contributed by atoms with van der Waals surface area (Å²) in [6, 6.07) is 7.03. The summed E-state index contributed by atoms with van der Waals surface area (Å²) in [5.41, 5.74) is -0.946. The van der Waals surface area contributed by atoms with Gasteiger partial charge >= 0.3 is 11.1 Å². The molecule has 0 aliphatic heterocycles. The van der Waals surface area contributed by atoms with Crippen LogP contribution in [0.5, 0.6) is 5.75 Å². The summed E-state index contributed by atoms with van der Waals surface area (Å²) in [7, 11) is 0. The molecule has 2 aromatic rings. The second-order valence-corrected chi connectivity index (χ2v) is 6.19. The van der Waals surface area contributed by atoms with E-state index in [-0.39, 0.29) is 12.5 Å². The van der Waals surface area contributed by atoms with E-state index >= 15 is 0 Å². The molecule has 146 valence electrons. The highest BCUT2D eigenvalue weighted by Gasteiger charge is 2.16. The van der Waals surface area contributed by atoms with Gasteiger partial charge < -0.3 is 9.64 Å². The normalized spacial score (nSPS) is 10.6. The molecule has 0 N–H and O–H groups in total. The Bertz CT molecular complexity index is 879. The predicted molar refractivity (Wildman–Crippen MR) is 105 cm³/mol. The van der Waals surface area contributed by atoms with Gasteiger partial charge in [-0.05, 0) is 31.9 Å². The minimum atomic E-state index is -0.731. The lowest BCUT2D eigenvalue weighted by Crippen LogP contribution is -2.43. The number of carbonyl (C=O) groups excluding carboxylic acids is 1. The first-order valence-electron chi connectivity index (χ1n) is 9.35. The summed E-state index contributed by atoms with van der Waals surface area (Å²) in [4.78, 5) is 39.3. The van der Waals surface area contributed by atoms with Crippen LogP contribution in [0.15, 0.2) is 46.2 Å². The smallest absolute Gasteiger partial charge is 0.321 e. The van der Waals surface area contributed by atoms with Gasteiger partial charge in [0.05, 0.1) is 12.3 Å². The van der Waals surface area contributed by atoms with Crippen LogP contribution < -0.4 is 15.9 Å². The highest BCUT2D eigenvalue weighted by Crippen LogP contribution is 2.20. The molecule has 0 saturated carbocycles. The van der Waals surface area contributed by atoms with E-state index in [1.807, 2.05) is 20.8 Å². The van der Waals surface area contributed by atoms with E-state index in [1.165, 1.54) is 21.5 Å². The number of hydrogen-bond acceptors (Lipinski definition) is 4. The van der Waals surface area contributed by atoms with E-state index in [0.717, 1.165) is 12.8 Å². The molecule has 0 saturated heterocycles. The Hall–Kier alpha value is -2.83. The predicted octanol–water partition coefficient (Wildman–Crippen LogP) is 2.05. The third-order valence-corrected chi connectivity index (χ3v) is 4.13. The van der Waals surface area contributed by atoms with Gasteiger partial charge in [0.1, 0.15) is 12.3 Å². The third-order valence-electron chi connectivity index (χ3n) is 4.13. The van der Waals surface area contributed by atoms with Crippen molar-refractivity contribution in [1.29, 1.82) is 0 Å². The summed E-state index contributed by atoms with van der Waals surface area (Å²) in [6.45, 7) is 7.43. The Morgan fingerprint density at radius 2 is 1.67 bits per heavy atom. The first-order valence-corrected chi connectivity index (χ1v) is 9.35. The summed E-state index contributed by atoms with van der Waals surface area (Å²) in [6.07, 6.45) is 4.66. The lowest BCUT2D eigenvalue weighted by atomic mass is 10.3. The number of benzene rings is 1. The second kappa shape index (κ2) is 9.75. The molecule has 7 nitrogen and oxygen atoms in total. The SMILES string of the molecule is CCCN(CCC)C(=O)Cn1ccn(-c2ccccc2OCC)c(=O)c1=O. The van der Waals surface area contributed by atoms with Gasteiger partial charge in [0.15, 0.2) is 0 Å². The van der Waals surface area contributed by atoms with E-state index in [9.17, 15) is 14.4 Å². The van der Waals surface area contributed by atoms with E-state index < -0.39 is 11.1 Å². The average Bonchev–Trinajstić information content (AvgIpc) is 2.66. The number of nitrogens with zero attached hydrogens (tertiary/aromatic N) is 3. The number of aromatic nitrogens is 2. The first-order chi connectivity index (χ1) is 13.0. The van der Waals surface area contributed by atoms with Crippen molar-refractivity contribution in [3.05, 3.63) is 57.4 Å². The van der Waals surface area contributed by atoms with Gasteiger partial charge in [0.2, 0.25) is 5.91 Å². The van der Waals surface area contributed by atoms with Crippen molar-refractivity contribution in [3.63, 3.8) is 0 Å². The Balaban J connectivity index is 2.34. The standard InChI is InChI=1S/C20H27N3O4/c1-4-11-21(12-5-2)18(24)15-22-13-14-23(20(26)19(22)25)16-9-7-8-10-17(16)27-6-3/h7-10,13-14H,4-6,11-12,15H2,1-3H3. The van der Waals surface area contributed by atoms with Crippen LogP contribution in [0, 0.1) is 0 Å². The molecule has 1 amide bonds. The van der Waals surface area contributed by atoms with Crippen molar-refractivity contribution in [2.45, 2.75) is 40.2 Å². The van der Waals surface area contributed by atoms with Crippen LogP contribution in [-0.2, 0) is 11.3 Å². The Morgan fingerprint density at radius 3 is 2.30 bits per heavy atom. The maximum Gasteiger partial charge on any atom is 0.321 e. The fourth-order valence-electron chi connectivity index (χ4n) is 2.90. The maximum atomic E-state index is 12.6. The number of ether oxygens (including phenoxy) is 1. The second-order valence-electron chi connectivity index (χ2n) is 6.19. The van der Waals surface area contributed by atoms with Gasteiger partial charge in [-0.1, -0.05) is 26.0 Å². The van der Waals surface area contributed by atoms with Crippen molar-refractivity contribution >= 4 is 5.91 Å². The van der Waals surface area contributed by atoms with Crippen LogP contribution in [0.3, 0.4) is 0 Å². The largest absolute Gasteiger partial charge is 0.492 e. The Labute approximate surface area is 158 Å². The first kappa shape index (κ1) is 20.5. The lowest BCUT2D eigenvalue weighted by molar-refractivity contribution is -0.132. The summed E-state index contributed by atoms with van der Waals surface area (Å²) in [5.74, 6) is 0.361. The highest BCUT2D eigenvalue weighted by molar-refractivity contribution is 5.76. The zero-order chi connectivity index (χ0) is 19.8. The van der Waals surface area contributed by atoms with Crippen molar-refractivity contribution in [1.82, 2.24) is 14.0 Å². The molecule has 7 heteroatoms. The van der Waals surface area contributed by atoms with Crippen LogP contribution >= 0.6 is 0 Å². The van der Waals surface area contributed by atoms with Crippen molar-refractivity contribution < 1.29 is 9.53 Å². The van der Waals surface area contributed by atoms with Gasteiger partial charge in [-0.2, -0.15) is 0 Å².